The van der Waals surface area contributed by atoms with Crippen molar-refractivity contribution in [1.29, 1.82) is 0 Å². The van der Waals surface area contributed by atoms with E-state index in [1.165, 1.54) is 12.5 Å². The van der Waals surface area contributed by atoms with Crippen molar-refractivity contribution in [1.82, 2.24) is 5.32 Å². The third-order valence-corrected chi connectivity index (χ3v) is 3.44. The number of carbonyl (C=O) groups excluding carboxylic acids is 2. The maximum atomic E-state index is 11.8. The van der Waals surface area contributed by atoms with Gasteiger partial charge in [0.05, 0.1) is 0 Å². The van der Waals surface area contributed by atoms with E-state index in [4.69, 9.17) is 0 Å². The SMILES string of the molecule is CC(=O)Nc1cccc(NCCC(=O)NCCc2ccccc2)c1. The molecule has 3 N–H and O–H groups in total. The van der Waals surface area contributed by atoms with Crippen LogP contribution in [0.2, 0.25) is 0 Å². The molecule has 0 bridgehead atoms. The molecule has 0 saturated heterocycles. The minimum atomic E-state index is -0.107. The minimum Gasteiger partial charge on any atom is -0.384 e. The second kappa shape index (κ2) is 9.35. The largest absolute Gasteiger partial charge is 0.384 e. The summed E-state index contributed by atoms with van der Waals surface area (Å²) in [6.45, 7) is 2.65. The summed E-state index contributed by atoms with van der Waals surface area (Å²) < 4.78 is 0. The Morgan fingerprint density at radius 3 is 2.42 bits per heavy atom. The number of rotatable bonds is 8. The number of hydrogen-bond acceptors (Lipinski definition) is 3. The number of hydrogen-bond donors (Lipinski definition) is 3. The van der Waals surface area contributed by atoms with E-state index < -0.39 is 0 Å². The number of amides is 2. The zero-order chi connectivity index (χ0) is 17.2. The highest BCUT2D eigenvalue weighted by Gasteiger charge is 2.02. The Morgan fingerprint density at radius 2 is 1.67 bits per heavy atom. The maximum Gasteiger partial charge on any atom is 0.221 e. The molecule has 126 valence electrons. The van der Waals surface area contributed by atoms with Gasteiger partial charge in [-0.1, -0.05) is 36.4 Å². The van der Waals surface area contributed by atoms with Gasteiger partial charge in [-0.2, -0.15) is 0 Å². The lowest BCUT2D eigenvalue weighted by molar-refractivity contribution is -0.120. The van der Waals surface area contributed by atoms with Crippen LogP contribution in [-0.2, 0) is 16.0 Å². The van der Waals surface area contributed by atoms with Crippen LogP contribution in [0.3, 0.4) is 0 Å². The lowest BCUT2D eigenvalue weighted by Gasteiger charge is -2.09. The molecule has 0 saturated carbocycles. The number of benzene rings is 2. The lowest BCUT2D eigenvalue weighted by atomic mass is 10.1. The van der Waals surface area contributed by atoms with Gasteiger partial charge in [-0.15, -0.1) is 0 Å². The van der Waals surface area contributed by atoms with Crippen molar-refractivity contribution in [3.63, 3.8) is 0 Å². The van der Waals surface area contributed by atoms with Crippen molar-refractivity contribution >= 4 is 23.2 Å². The molecule has 0 aliphatic rings. The molecule has 2 rings (SSSR count). The first-order chi connectivity index (χ1) is 11.6. The predicted molar refractivity (Wildman–Crippen MR) is 97.0 cm³/mol. The van der Waals surface area contributed by atoms with Crippen LogP contribution in [0.1, 0.15) is 18.9 Å². The summed E-state index contributed by atoms with van der Waals surface area (Å²) in [5, 5.41) is 8.83. The highest BCUT2D eigenvalue weighted by molar-refractivity contribution is 5.89. The van der Waals surface area contributed by atoms with Gasteiger partial charge >= 0.3 is 0 Å². The Bertz CT molecular complexity index is 671. The molecule has 0 aliphatic heterocycles. The van der Waals surface area contributed by atoms with E-state index in [0.29, 0.717) is 19.5 Å². The summed E-state index contributed by atoms with van der Waals surface area (Å²) in [6, 6.07) is 17.5. The van der Waals surface area contributed by atoms with Gasteiger partial charge in [0.25, 0.3) is 0 Å². The third-order valence-electron chi connectivity index (χ3n) is 3.44. The summed E-state index contributed by atoms with van der Waals surface area (Å²) in [7, 11) is 0. The highest BCUT2D eigenvalue weighted by atomic mass is 16.2. The average molecular weight is 325 g/mol. The second-order valence-corrected chi connectivity index (χ2v) is 5.52. The Hall–Kier alpha value is -2.82. The minimum absolute atomic E-state index is 0.0245. The first kappa shape index (κ1) is 17.5. The van der Waals surface area contributed by atoms with Gasteiger partial charge in [0.1, 0.15) is 0 Å². The van der Waals surface area contributed by atoms with E-state index in [2.05, 4.69) is 28.1 Å². The molecule has 0 spiro atoms. The molecule has 2 aromatic carbocycles. The molecule has 5 nitrogen and oxygen atoms in total. The molecule has 0 heterocycles. The second-order valence-electron chi connectivity index (χ2n) is 5.52. The number of nitrogens with one attached hydrogen (secondary N) is 3. The normalized spacial score (nSPS) is 10.0. The zero-order valence-electron chi connectivity index (χ0n) is 13.8. The standard InChI is InChI=1S/C19H23N3O2/c1-15(23)22-18-9-5-8-17(14-18)20-13-11-19(24)21-12-10-16-6-3-2-4-7-16/h2-9,14,20H,10-13H2,1H3,(H,21,24)(H,22,23). The number of carbonyl (C=O) groups is 2. The molecule has 0 aromatic heterocycles. The van der Waals surface area contributed by atoms with Crippen LogP contribution in [0.25, 0.3) is 0 Å². The first-order valence-electron chi connectivity index (χ1n) is 8.05. The maximum absolute atomic E-state index is 11.8. The van der Waals surface area contributed by atoms with Crippen LogP contribution in [0, 0.1) is 0 Å². The summed E-state index contributed by atoms with van der Waals surface area (Å²) in [5.74, 6) is -0.0820. The summed E-state index contributed by atoms with van der Waals surface area (Å²) >= 11 is 0. The number of anilines is 2. The first-order valence-corrected chi connectivity index (χ1v) is 8.05. The fourth-order valence-electron chi connectivity index (χ4n) is 2.31. The smallest absolute Gasteiger partial charge is 0.221 e. The fourth-order valence-corrected chi connectivity index (χ4v) is 2.31. The van der Waals surface area contributed by atoms with Crippen molar-refractivity contribution in [3.05, 3.63) is 60.2 Å². The Kier molecular flexibility index (Phi) is 6.83. The van der Waals surface area contributed by atoms with E-state index in [-0.39, 0.29) is 11.8 Å². The van der Waals surface area contributed by atoms with Crippen LogP contribution in [0.4, 0.5) is 11.4 Å². The summed E-state index contributed by atoms with van der Waals surface area (Å²) in [5.41, 5.74) is 2.82. The van der Waals surface area contributed by atoms with Gasteiger partial charge in [-0.05, 0) is 30.2 Å². The molecule has 0 atom stereocenters. The molecule has 0 radical (unpaired) electrons. The fraction of sp³-hybridized carbons (Fsp3) is 0.263. The van der Waals surface area contributed by atoms with Gasteiger partial charge in [0.15, 0.2) is 0 Å². The van der Waals surface area contributed by atoms with Crippen molar-refractivity contribution in [2.24, 2.45) is 0 Å². The van der Waals surface area contributed by atoms with Gasteiger partial charge in [0.2, 0.25) is 11.8 Å². The zero-order valence-corrected chi connectivity index (χ0v) is 13.8. The van der Waals surface area contributed by atoms with Crippen LogP contribution in [0.5, 0.6) is 0 Å². The van der Waals surface area contributed by atoms with E-state index in [9.17, 15) is 9.59 Å². The average Bonchev–Trinajstić information content (AvgIpc) is 2.55. The Labute approximate surface area is 142 Å². The molecule has 2 aromatic rings. The van der Waals surface area contributed by atoms with Crippen LogP contribution >= 0.6 is 0 Å². The monoisotopic (exact) mass is 325 g/mol. The molecule has 0 fully saturated rings. The lowest BCUT2D eigenvalue weighted by Crippen LogP contribution is -2.27. The molecule has 24 heavy (non-hydrogen) atoms. The van der Waals surface area contributed by atoms with Crippen molar-refractivity contribution < 1.29 is 9.59 Å². The topological polar surface area (TPSA) is 70.2 Å². The molecule has 0 aliphatic carbocycles. The van der Waals surface area contributed by atoms with Crippen molar-refractivity contribution in [2.45, 2.75) is 19.8 Å². The van der Waals surface area contributed by atoms with Gasteiger partial charge in [-0.25, -0.2) is 0 Å². The Balaban J connectivity index is 1.66. The van der Waals surface area contributed by atoms with Crippen molar-refractivity contribution in [2.75, 3.05) is 23.7 Å². The quantitative estimate of drug-likeness (QED) is 0.699. The Morgan fingerprint density at radius 1 is 0.917 bits per heavy atom. The van der Waals surface area contributed by atoms with Crippen LogP contribution in [-0.4, -0.2) is 24.9 Å². The van der Waals surface area contributed by atoms with E-state index in [1.807, 2.05) is 42.5 Å². The van der Waals surface area contributed by atoms with Crippen LogP contribution < -0.4 is 16.0 Å². The molecule has 5 heteroatoms. The predicted octanol–water partition coefficient (Wildman–Crippen LogP) is 2.81. The highest BCUT2D eigenvalue weighted by Crippen LogP contribution is 2.14. The molecular weight excluding hydrogens is 302 g/mol. The third kappa shape index (κ3) is 6.52. The molecular formula is C19H23N3O2. The summed E-state index contributed by atoms with van der Waals surface area (Å²) in [4.78, 5) is 22.9. The molecule has 2 amide bonds. The van der Waals surface area contributed by atoms with Gasteiger partial charge in [0, 0.05) is 37.8 Å². The van der Waals surface area contributed by atoms with Crippen molar-refractivity contribution in [3.8, 4) is 0 Å². The van der Waals surface area contributed by atoms with Gasteiger partial charge < -0.3 is 16.0 Å². The van der Waals surface area contributed by atoms with Crippen LogP contribution in [0.15, 0.2) is 54.6 Å². The van der Waals surface area contributed by atoms with E-state index in [0.717, 1.165) is 17.8 Å². The van der Waals surface area contributed by atoms with Gasteiger partial charge in [-0.3, -0.25) is 9.59 Å². The summed E-state index contributed by atoms with van der Waals surface area (Å²) in [6.07, 6.45) is 1.23. The van der Waals surface area contributed by atoms with E-state index >= 15 is 0 Å². The molecule has 0 unspecified atom stereocenters. The van der Waals surface area contributed by atoms with E-state index in [1.54, 1.807) is 0 Å².